The molecule has 0 N–H and O–H groups in total. The Labute approximate surface area is 131 Å². The summed E-state index contributed by atoms with van der Waals surface area (Å²) in [6.07, 6.45) is 4.75. The summed E-state index contributed by atoms with van der Waals surface area (Å²) >= 11 is 0. The Kier molecular flexibility index (Phi) is 4.88. The molecule has 0 aliphatic carbocycles. The minimum Gasteiger partial charge on any atom is -0.444 e. The van der Waals surface area contributed by atoms with Gasteiger partial charge in [0.05, 0.1) is 0 Å². The molecule has 0 spiro atoms. The molecule has 22 heavy (non-hydrogen) atoms. The average Bonchev–Trinajstić information content (AvgIpc) is 3.05. The molecule has 122 valence electrons. The van der Waals surface area contributed by atoms with Crippen LogP contribution < -0.4 is 0 Å². The van der Waals surface area contributed by atoms with Gasteiger partial charge in [-0.2, -0.15) is 0 Å². The zero-order valence-corrected chi connectivity index (χ0v) is 13.8. The van der Waals surface area contributed by atoms with Crippen molar-refractivity contribution in [3.63, 3.8) is 0 Å². The van der Waals surface area contributed by atoms with Crippen LogP contribution in [0.2, 0.25) is 0 Å². The number of hydrogen-bond donors (Lipinski definition) is 0. The lowest BCUT2D eigenvalue weighted by Crippen LogP contribution is -2.36. The van der Waals surface area contributed by atoms with Crippen molar-refractivity contribution in [2.24, 2.45) is 5.92 Å². The van der Waals surface area contributed by atoms with Gasteiger partial charge in [0.25, 0.3) is 0 Å². The van der Waals surface area contributed by atoms with Crippen molar-refractivity contribution in [3.05, 3.63) is 18.2 Å². The SMILES string of the molecule is CCCn1ccnc1C(=O)C1CCN(C(=O)OC(C)(C)C)C1. The second-order valence-corrected chi connectivity index (χ2v) is 6.72. The normalized spacial score (nSPS) is 18.5. The van der Waals surface area contributed by atoms with Crippen LogP contribution in [0.3, 0.4) is 0 Å². The molecular formula is C16H25N3O3. The molecule has 0 radical (unpaired) electrons. The van der Waals surface area contributed by atoms with Gasteiger partial charge in [0.2, 0.25) is 5.78 Å². The Morgan fingerprint density at radius 2 is 2.14 bits per heavy atom. The summed E-state index contributed by atoms with van der Waals surface area (Å²) in [6.45, 7) is 9.33. The van der Waals surface area contributed by atoms with E-state index in [1.54, 1.807) is 11.1 Å². The largest absolute Gasteiger partial charge is 0.444 e. The molecule has 1 atom stereocenters. The van der Waals surface area contributed by atoms with Crippen LogP contribution in [-0.4, -0.2) is 45.0 Å². The summed E-state index contributed by atoms with van der Waals surface area (Å²) in [6, 6.07) is 0. The van der Waals surface area contributed by atoms with Crippen molar-refractivity contribution in [3.8, 4) is 0 Å². The zero-order chi connectivity index (χ0) is 16.3. The molecule has 2 heterocycles. The summed E-state index contributed by atoms with van der Waals surface area (Å²) in [7, 11) is 0. The van der Waals surface area contributed by atoms with Crippen LogP contribution in [0.1, 0.15) is 51.2 Å². The highest BCUT2D eigenvalue weighted by atomic mass is 16.6. The fourth-order valence-electron chi connectivity index (χ4n) is 2.60. The van der Waals surface area contributed by atoms with Crippen LogP contribution in [0.15, 0.2) is 12.4 Å². The first-order valence-electron chi connectivity index (χ1n) is 7.85. The van der Waals surface area contributed by atoms with Crippen molar-refractivity contribution in [1.82, 2.24) is 14.5 Å². The molecule has 0 bridgehead atoms. The number of hydrogen-bond acceptors (Lipinski definition) is 4. The first-order chi connectivity index (χ1) is 10.3. The quantitative estimate of drug-likeness (QED) is 0.802. The number of nitrogens with zero attached hydrogens (tertiary/aromatic N) is 3. The maximum Gasteiger partial charge on any atom is 0.410 e. The molecule has 1 unspecified atom stereocenters. The van der Waals surface area contributed by atoms with E-state index in [0.29, 0.717) is 25.3 Å². The number of carbonyl (C=O) groups excluding carboxylic acids is 2. The summed E-state index contributed by atoms with van der Waals surface area (Å²) < 4.78 is 7.24. The highest BCUT2D eigenvalue weighted by Gasteiger charge is 2.35. The Balaban J connectivity index is 1.99. The molecule has 1 aromatic rings. The van der Waals surface area contributed by atoms with Gasteiger partial charge in [-0.05, 0) is 33.6 Å². The first kappa shape index (κ1) is 16.5. The van der Waals surface area contributed by atoms with Gasteiger partial charge in [0.1, 0.15) is 5.60 Å². The monoisotopic (exact) mass is 307 g/mol. The molecular weight excluding hydrogens is 282 g/mol. The lowest BCUT2D eigenvalue weighted by molar-refractivity contribution is 0.0289. The molecule has 2 rings (SSSR count). The fraction of sp³-hybridized carbons (Fsp3) is 0.688. The Bertz CT molecular complexity index is 545. The van der Waals surface area contributed by atoms with Gasteiger partial charge in [-0.1, -0.05) is 6.92 Å². The second kappa shape index (κ2) is 6.50. The van der Waals surface area contributed by atoms with Crippen LogP contribution in [0.4, 0.5) is 4.79 Å². The van der Waals surface area contributed by atoms with Crippen molar-refractivity contribution < 1.29 is 14.3 Å². The van der Waals surface area contributed by atoms with Crippen LogP contribution in [0, 0.1) is 5.92 Å². The van der Waals surface area contributed by atoms with E-state index in [2.05, 4.69) is 11.9 Å². The number of Topliss-reactive ketones (excluding diaryl/α,β-unsaturated/α-hetero) is 1. The fourth-order valence-corrected chi connectivity index (χ4v) is 2.60. The molecule has 1 aliphatic rings. The molecule has 0 saturated carbocycles. The highest BCUT2D eigenvalue weighted by molar-refractivity contribution is 5.95. The van der Waals surface area contributed by atoms with Crippen molar-refractivity contribution in [2.45, 2.75) is 52.7 Å². The number of imidazole rings is 1. The van der Waals surface area contributed by atoms with Gasteiger partial charge >= 0.3 is 6.09 Å². The van der Waals surface area contributed by atoms with E-state index >= 15 is 0 Å². The number of aryl methyl sites for hydroxylation is 1. The molecule has 0 aromatic carbocycles. The lowest BCUT2D eigenvalue weighted by Gasteiger charge is -2.24. The van der Waals surface area contributed by atoms with Gasteiger partial charge in [0.15, 0.2) is 5.82 Å². The van der Waals surface area contributed by atoms with E-state index < -0.39 is 5.60 Å². The van der Waals surface area contributed by atoms with Crippen molar-refractivity contribution in [2.75, 3.05) is 13.1 Å². The Hall–Kier alpha value is -1.85. The Morgan fingerprint density at radius 1 is 1.41 bits per heavy atom. The van der Waals surface area contributed by atoms with E-state index in [9.17, 15) is 9.59 Å². The molecule has 1 amide bonds. The molecule has 1 aromatic heterocycles. The van der Waals surface area contributed by atoms with Gasteiger partial charge in [-0.25, -0.2) is 9.78 Å². The smallest absolute Gasteiger partial charge is 0.410 e. The van der Waals surface area contributed by atoms with Gasteiger partial charge < -0.3 is 14.2 Å². The van der Waals surface area contributed by atoms with Crippen LogP contribution in [0.25, 0.3) is 0 Å². The van der Waals surface area contributed by atoms with Gasteiger partial charge in [-0.3, -0.25) is 4.79 Å². The van der Waals surface area contributed by atoms with E-state index in [1.165, 1.54) is 0 Å². The summed E-state index contributed by atoms with van der Waals surface area (Å²) in [4.78, 5) is 30.5. The predicted octanol–water partition coefficient (Wildman–Crippen LogP) is 2.73. The number of amides is 1. The lowest BCUT2D eigenvalue weighted by atomic mass is 10.0. The average molecular weight is 307 g/mol. The molecule has 6 heteroatoms. The van der Waals surface area contributed by atoms with Gasteiger partial charge in [0, 0.05) is 37.9 Å². The minimum absolute atomic E-state index is 0.0181. The van der Waals surface area contributed by atoms with E-state index in [-0.39, 0.29) is 17.8 Å². The molecule has 1 aliphatic heterocycles. The maximum absolute atomic E-state index is 12.6. The first-order valence-corrected chi connectivity index (χ1v) is 7.85. The predicted molar refractivity (Wildman–Crippen MR) is 82.8 cm³/mol. The van der Waals surface area contributed by atoms with Crippen molar-refractivity contribution in [1.29, 1.82) is 0 Å². The number of ether oxygens (including phenoxy) is 1. The van der Waals surface area contributed by atoms with E-state index in [4.69, 9.17) is 4.74 Å². The number of carbonyl (C=O) groups is 2. The Morgan fingerprint density at radius 3 is 2.77 bits per heavy atom. The highest BCUT2D eigenvalue weighted by Crippen LogP contribution is 2.22. The van der Waals surface area contributed by atoms with Crippen LogP contribution in [0.5, 0.6) is 0 Å². The summed E-state index contributed by atoms with van der Waals surface area (Å²) in [5.74, 6) is 0.327. The van der Waals surface area contributed by atoms with Crippen molar-refractivity contribution >= 4 is 11.9 Å². The number of rotatable bonds is 4. The summed E-state index contributed by atoms with van der Waals surface area (Å²) in [5.41, 5.74) is -0.517. The number of aromatic nitrogens is 2. The second-order valence-electron chi connectivity index (χ2n) is 6.72. The number of likely N-dealkylation sites (tertiary alicyclic amines) is 1. The molecule has 1 saturated heterocycles. The standard InChI is InChI=1S/C16H25N3O3/c1-5-8-18-10-7-17-14(18)13(20)12-6-9-19(11-12)15(21)22-16(2,3)4/h7,10,12H,5-6,8-9,11H2,1-4H3. The maximum atomic E-state index is 12.6. The van der Waals surface area contributed by atoms with E-state index in [1.807, 2.05) is 31.5 Å². The third-order valence-electron chi connectivity index (χ3n) is 3.61. The zero-order valence-electron chi connectivity index (χ0n) is 13.8. The van der Waals surface area contributed by atoms with E-state index in [0.717, 1.165) is 13.0 Å². The van der Waals surface area contributed by atoms with Crippen LogP contribution >= 0.6 is 0 Å². The number of ketones is 1. The molecule has 6 nitrogen and oxygen atoms in total. The minimum atomic E-state index is -0.517. The third-order valence-corrected chi connectivity index (χ3v) is 3.61. The topological polar surface area (TPSA) is 64.4 Å². The molecule has 1 fully saturated rings. The summed E-state index contributed by atoms with van der Waals surface area (Å²) in [5, 5.41) is 0. The third kappa shape index (κ3) is 3.87. The van der Waals surface area contributed by atoms with Crippen LogP contribution in [-0.2, 0) is 11.3 Å². The van der Waals surface area contributed by atoms with Gasteiger partial charge in [-0.15, -0.1) is 0 Å².